The molecule has 5 heteroatoms. The SMILES string of the molecule is CC(C)CNC(=O)/C(C#N)=C\N1C(C)(C)CC(N)CC1(C)C. The minimum Gasteiger partial charge on any atom is -0.366 e. The summed E-state index contributed by atoms with van der Waals surface area (Å²) in [6, 6.07) is 2.17. The number of rotatable bonds is 4. The average Bonchev–Trinajstić information content (AvgIpc) is 2.33. The highest BCUT2D eigenvalue weighted by Crippen LogP contribution is 2.38. The average molecular weight is 306 g/mol. The smallest absolute Gasteiger partial charge is 0.263 e. The van der Waals surface area contributed by atoms with Gasteiger partial charge in [0.15, 0.2) is 0 Å². The van der Waals surface area contributed by atoms with Crippen LogP contribution in [0, 0.1) is 17.2 Å². The van der Waals surface area contributed by atoms with Crippen LogP contribution in [0.2, 0.25) is 0 Å². The highest BCUT2D eigenvalue weighted by Gasteiger charge is 2.43. The molecule has 1 aliphatic rings. The number of hydrogen-bond donors (Lipinski definition) is 2. The second kappa shape index (κ2) is 6.70. The molecule has 1 fully saturated rings. The molecule has 0 radical (unpaired) electrons. The van der Waals surface area contributed by atoms with Gasteiger partial charge in [0.05, 0.1) is 0 Å². The summed E-state index contributed by atoms with van der Waals surface area (Å²) in [5.41, 5.74) is 5.93. The number of nitrogens with one attached hydrogen (secondary N) is 1. The van der Waals surface area contributed by atoms with Crippen molar-refractivity contribution in [3.05, 3.63) is 11.8 Å². The fraction of sp³-hybridized carbons (Fsp3) is 0.765. The third-order valence-corrected chi connectivity index (χ3v) is 4.12. The number of nitrogens with zero attached hydrogens (tertiary/aromatic N) is 2. The Morgan fingerprint density at radius 3 is 2.27 bits per heavy atom. The van der Waals surface area contributed by atoms with E-state index in [9.17, 15) is 10.1 Å². The van der Waals surface area contributed by atoms with Crippen molar-refractivity contribution in [2.45, 2.75) is 71.5 Å². The van der Waals surface area contributed by atoms with Gasteiger partial charge in [-0.25, -0.2) is 0 Å². The molecule has 0 aliphatic carbocycles. The van der Waals surface area contributed by atoms with E-state index in [4.69, 9.17) is 5.73 Å². The van der Waals surface area contributed by atoms with E-state index in [1.165, 1.54) is 0 Å². The van der Waals surface area contributed by atoms with Crippen molar-refractivity contribution < 1.29 is 4.79 Å². The summed E-state index contributed by atoms with van der Waals surface area (Å²) in [6.07, 6.45) is 3.38. The number of nitrogens with two attached hydrogens (primary N) is 1. The molecule has 0 aromatic heterocycles. The lowest BCUT2D eigenvalue weighted by Gasteiger charge is -2.54. The summed E-state index contributed by atoms with van der Waals surface area (Å²) >= 11 is 0. The molecule has 1 saturated heterocycles. The van der Waals surface area contributed by atoms with Crippen LogP contribution in [0.25, 0.3) is 0 Å². The summed E-state index contributed by atoms with van der Waals surface area (Å²) in [4.78, 5) is 14.3. The van der Waals surface area contributed by atoms with Gasteiger partial charge in [0, 0.05) is 29.9 Å². The Hall–Kier alpha value is -1.54. The van der Waals surface area contributed by atoms with Gasteiger partial charge in [-0.2, -0.15) is 5.26 Å². The Bertz CT molecular complexity index is 467. The molecular weight excluding hydrogens is 276 g/mol. The normalized spacial score (nSPS) is 21.6. The van der Waals surface area contributed by atoms with Crippen molar-refractivity contribution in [3.8, 4) is 6.07 Å². The van der Waals surface area contributed by atoms with Crippen molar-refractivity contribution in [2.75, 3.05) is 6.54 Å². The Kier molecular flexibility index (Phi) is 5.64. The van der Waals surface area contributed by atoms with E-state index in [-0.39, 0.29) is 28.6 Å². The van der Waals surface area contributed by atoms with E-state index in [0.717, 1.165) is 12.8 Å². The first-order chi connectivity index (χ1) is 9.99. The predicted molar refractivity (Wildman–Crippen MR) is 88.8 cm³/mol. The number of carbonyl (C=O) groups is 1. The van der Waals surface area contributed by atoms with E-state index in [2.05, 4.69) is 37.9 Å². The van der Waals surface area contributed by atoms with Crippen LogP contribution in [-0.2, 0) is 4.79 Å². The molecular formula is C17H30N4O. The van der Waals surface area contributed by atoms with E-state index in [1.54, 1.807) is 6.20 Å². The molecule has 1 rings (SSSR count). The standard InChI is InChI=1S/C17H30N4O/c1-12(2)10-20-15(22)13(9-18)11-21-16(3,4)7-14(19)8-17(21,5)6/h11-12,14H,7-8,10,19H2,1-6H3,(H,20,22)/b13-11-. The van der Waals surface area contributed by atoms with Gasteiger partial charge in [-0.3, -0.25) is 4.79 Å². The summed E-state index contributed by atoms with van der Waals surface area (Å²) in [5.74, 6) is 0.0439. The fourth-order valence-corrected chi connectivity index (χ4v) is 3.38. The highest BCUT2D eigenvalue weighted by molar-refractivity contribution is 5.97. The van der Waals surface area contributed by atoms with Crippen LogP contribution < -0.4 is 11.1 Å². The number of amides is 1. The quantitative estimate of drug-likeness (QED) is 0.616. The van der Waals surface area contributed by atoms with E-state index >= 15 is 0 Å². The van der Waals surface area contributed by atoms with Crippen LogP contribution in [0.15, 0.2) is 11.8 Å². The number of nitriles is 1. The molecule has 1 aliphatic heterocycles. The maximum Gasteiger partial charge on any atom is 0.263 e. The summed E-state index contributed by atoms with van der Waals surface area (Å²) in [5, 5.41) is 12.2. The zero-order chi connectivity index (χ0) is 17.1. The number of hydrogen-bond acceptors (Lipinski definition) is 4. The molecule has 0 saturated carbocycles. The third kappa shape index (κ3) is 4.48. The monoisotopic (exact) mass is 306 g/mol. The zero-order valence-corrected chi connectivity index (χ0v) is 14.7. The maximum atomic E-state index is 12.2. The Labute approximate surface area is 134 Å². The molecule has 0 unspecified atom stereocenters. The van der Waals surface area contributed by atoms with Gasteiger partial charge in [0.2, 0.25) is 0 Å². The second-order valence-electron chi connectivity index (χ2n) is 7.92. The van der Waals surface area contributed by atoms with Crippen LogP contribution in [0.3, 0.4) is 0 Å². The summed E-state index contributed by atoms with van der Waals surface area (Å²) in [6.45, 7) is 13.0. The zero-order valence-electron chi connectivity index (χ0n) is 14.7. The van der Waals surface area contributed by atoms with Gasteiger partial charge in [0.25, 0.3) is 5.91 Å². The molecule has 124 valence electrons. The van der Waals surface area contributed by atoms with E-state index in [1.807, 2.05) is 19.9 Å². The van der Waals surface area contributed by atoms with Gasteiger partial charge < -0.3 is 16.0 Å². The van der Waals surface area contributed by atoms with Gasteiger partial charge in [-0.15, -0.1) is 0 Å². The minimum atomic E-state index is -0.308. The van der Waals surface area contributed by atoms with Crippen LogP contribution >= 0.6 is 0 Å². The van der Waals surface area contributed by atoms with Crippen molar-refractivity contribution >= 4 is 5.91 Å². The van der Waals surface area contributed by atoms with Gasteiger partial charge in [-0.1, -0.05) is 13.8 Å². The molecule has 5 nitrogen and oxygen atoms in total. The number of carbonyl (C=O) groups excluding carboxylic acids is 1. The molecule has 0 aromatic carbocycles. The Morgan fingerprint density at radius 1 is 1.36 bits per heavy atom. The van der Waals surface area contributed by atoms with Crippen molar-refractivity contribution in [3.63, 3.8) is 0 Å². The third-order valence-electron chi connectivity index (χ3n) is 4.12. The van der Waals surface area contributed by atoms with Crippen molar-refractivity contribution in [1.29, 1.82) is 5.26 Å². The lowest BCUT2D eigenvalue weighted by atomic mass is 9.77. The molecule has 22 heavy (non-hydrogen) atoms. The van der Waals surface area contributed by atoms with E-state index in [0.29, 0.717) is 12.5 Å². The largest absolute Gasteiger partial charge is 0.366 e. The molecule has 0 spiro atoms. The van der Waals surface area contributed by atoms with Crippen LogP contribution in [0.4, 0.5) is 0 Å². The lowest BCUT2D eigenvalue weighted by Crippen LogP contribution is -2.61. The lowest BCUT2D eigenvalue weighted by molar-refractivity contribution is -0.117. The van der Waals surface area contributed by atoms with Gasteiger partial charge >= 0.3 is 0 Å². The van der Waals surface area contributed by atoms with Crippen molar-refractivity contribution in [2.24, 2.45) is 11.7 Å². The molecule has 1 amide bonds. The second-order valence-corrected chi connectivity index (χ2v) is 7.92. The first-order valence-corrected chi connectivity index (χ1v) is 7.95. The Morgan fingerprint density at radius 2 is 1.86 bits per heavy atom. The van der Waals surface area contributed by atoms with Crippen molar-refractivity contribution in [1.82, 2.24) is 10.2 Å². The van der Waals surface area contributed by atoms with Gasteiger partial charge in [0.1, 0.15) is 11.6 Å². The first kappa shape index (κ1) is 18.5. The van der Waals surface area contributed by atoms with Crippen LogP contribution in [0.1, 0.15) is 54.4 Å². The minimum absolute atomic E-state index is 0.134. The van der Waals surface area contributed by atoms with Crippen LogP contribution in [-0.4, -0.2) is 34.5 Å². The Balaban J connectivity index is 3.04. The fourth-order valence-electron chi connectivity index (χ4n) is 3.38. The van der Waals surface area contributed by atoms with Crippen LogP contribution in [0.5, 0.6) is 0 Å². The predicted octanol–water partition coefficient (Wildman–Crippen LogP) is 2.15. The van der Waals surface area contributed by atoms with E-state index < -0.39 is 0 Å². The highest BCUT2D eigenvalue weighted by atomic mass is 16.1. The molecule has 0 atom stereocenters. The molecule has 1 heterocycles. The molecule has 0 aromatic rings. The summed E-state index contributed by atoms with van der Waals surface area (Å²) in [7, 11) is 0. The number of piperidine rings is 1. The number of likely N-dealkylation sites (tertiary alicyclic amines) is 1. The molecule has 3 N–H and O–H groups in total. The topological polar surface area (TPSA) is 82.2 Å². The first-order valence-electron chi connectivity index (χ1n) is 7.95. The maximum absolute atomic E-state index is 12.2. The van der Waals surface area contributed by atoms with Gasteiger partial charge in [-0.05, 0) is 46.5 Å². The summed E-state index contributed by atoms with van der Waals surface area (Å²) < 4.78 is 0. The molecule has 0 bridgehead atoms.